The average Bonchev–Trinajstić information content (AvgIpc) is 2.61. The van der Waals surface area contributed by atoms with Crippen LogP contribution < -0.4 is 20.9 Å². The molecular formula is C19H29N3O3. The second-order valence-electron chi connectivity index (χ2n) is 6.94. The molecule has 138 valence electrons. The van der Waals surface area contributed by atoms with Crippen molar-refractivity contribution in [1.82, 2.24) is 16.2 Å². The highest BCUT2D eigenvalue weighted by Crippen LogP contribution is 2.17. The van der Waals surface area contributed by atoms with E-state index in [0.717, 1.165) is 37.9 Å². The number of carbonyl (C=O) groups is 2. The Labute approximate surface area is 149 Å². The molecule has 25 heavy (non-hydrogen) atoms. The lowest BCUT2D eigenvalue weighted by atomic mass is 9.96. The predicted molar refractivity (Wildman–Crippen MR) is 97.4 cm³/mol. The van der Waals surface area contributed by atoms with Crippen molar-refractivity contribution in [3.8, 4) is 5.75 Å². The molecule has 0 bridgehead atoms. The summed E-state index contributed by atoms with van der Waals surface area (Å²) in [6.07, 6.45) is 6.50. The minimum Gasteiger partial charge on any atom is -0.494 e. The second kappa shape index (κ2) is 9.91. The number of nitrogens with one attached hydrogen (secondary N) is 3. The molecule has 3 N–H and O–H groups in total. The van der Waals surface area contributed by atoms with E-state index < -0.39 is 0 Å². The summed E-state index contributed by atoms with van der Waals surface area (Å²) in [6, 6.07) is 6.72. The van der Waals surface area contributed by atoms with Crippen molar-refractivity contribution in [2.45, 2.75) is 58.4 Å². The lowest BCUT2D eigenvalue weighted by Gasteiger charge is -2.22. The van der Waals surface area contributed by atoms with Crippen molar-refractivity contribution in [2.24, 2.45) is 5.92 Å². The smallest absolute Gasteiger partial charge is 0.333 e. The minimum atomic E-state index is -0.367. The SMILES string of the molecule is CC(C)CCOc1ccc(C(=O)NNC(=O)NC2CCCCC2)cc1. The maximum atomic E-state index is 12.1. The van der Waals surface area contributed by atoms with E-state index in [1.807, 2.05) is 0 Å². The molecule has 0 saturated heterocycles. The highest BCUT2D eigenvalue weighted by molar-refractivity contribution is 5.95. The van der Waals surface area contributed by atoms with Gasteiger partial charge in [-0.15, -0.1) is 0 Å². The Bertz CT molecular complexity index is 552. The lowest BCUT2D eigenvalue weighted by Crippen LogP contribution is -2.50. The van der Waals surface area contributed by atoms with Crippen LogP contribution in [0.3, 0.4) is 0 Å². The van der Waals surface area contributed by atoms with Crippen LogP contribution in [0.15, 0.2) is 24.3 Å². The molecule has 1 aliphatic carbocycles. The summed E-state index contributed by atoms with van der Waals surface area (Å²) in [6.45, 7) is 4.95. The van der Waals surface area contributed by atoms with E-state index in [4.69, 9.17) is 4.74 Å². The largest absolute Gasteiger partial charge is 0.494 e. The van der Waals surface area contributed by atoms with Crippen LogP contribution in [0, 0.1) is 5.92 Å². The van der Waals surface area contributed by atoms with E-state index in [-0.39, 0.29) is 18.0 Å². The third-order valence-electron chi connectivity index (χ3n) is 4.31. The highest BCUT2D eigenvalue weighted by Gasteiger charge is 2.16. The molecule has 1 aliphatic rings. The van der Waals surface area contributed by atoms with Crippen molar-refractivity contribution in [3.05, 3.63) is 29.8 Å². The molecule has 2 rings (SSSR count). The molecule has 0 spiro atoms. The molecular weight excluding hydrogens is 318 g/mol. The first-order chi connectivity index (χ1) is 12.0. The van der Waals surface area contributed by atoms with Gasteiger partial charge < -0.3 is 10.1 Å². The molecule has 0 unspecified atom stereocenters. The Kier molecular flexibility index (Phi) is 7.57. The van der Waals surface area contributed by atoms with Gasteiger partial charge in [-0.2, -0.15) is 0 Å². The lowest BCUT2D eigenvalue weighted by molar-refractivity contribution is 0.0935. The molecule has 0 aromatic heterocycles. The third kappa shape index (κ3) is 7.03. The predicted octanol–water partition coefficient (Wildman–Crippen LogP) is 3.39. The van der Waals surface area contributed by atoms with Crippen LogP contribution in [0.4, 0.5) is 4.79 Å². The third-order valence-corrected chi connectivity index (χ3v) is 4.31. The first-order valence-corrected chi connectivity index (χ1v) is 9.14. The quantitative estimate of drug-likeness (QED) is 0.690. The Morgan fingerprint density at radius 3 is 2.40 bits per heavy atom. The fourth-order valence-electron chi connectivity index (χ4n) is 2.77. The van der Waals surface area contributed by atoms with Gasteiger partial charge >= 0.3 is 6.03 Å². The molecule has 1 aromatic rings. The molecule has 6 heteroatoms. The number of amides is 3. The summed E-state index contributed by atoms with van der Waals surface area (Å²) in [4.78, 5) is 23.9. The van der Waals surface area contributed by atoms with E-state index >= 15 is 0 Å². The van der Waals surface area contributed by atoms with Gasteiger partial charge in [0.2, 0.25) is 0 Å². The Hall–Kier alpha value is -2.24. The van der Waals surface area contributed by atoms with Gasteiger partial charge in [-0.05, 0) is 49.4 Å². The number of carbonyl (C=O) groups excluding carboxylic acids is 2. The zero-order valence-corrected chi connectivity index (χ0v) is 15.1. The molecule has 1 aromatic carbocycles. The molecule has 1 saturated carbocycles. The fraction of sp³-hybridized carbons (Fsp3) is 0.579. The Balaban J connectivity index is 1.71. The van der Waals surface area contributed by atoms with Crippen molar-refractivity contribution in [3.63, 3.8) is 0 Å². The van der Waals surface area contributed by atoms with Gasteiger partial charge in [-0.25, -0.2) is 10.2 Å². The van der Waals surface area contributed by atoms with Gasteiger partial charge in [0.1, 0.15) is 5.75 Å². The number of urea groups is 1. The summed E-state index contributed by atoms with van der Waals surface area (Å²) in [5.74, 6) is 0.976. The molecule has 0 aliphatic heterocycles. The van der Waals surface area contributed by atoms with Crippen LogP contribution in [0.1, 0.15) is 62.7 Å². The molecule has 0 heterocycles. The van der Waals surface area contributed by atoms with Gasteiger partial charge in [0.25, 0.3) is 5.91 Å². The van der Waals surface area contributed by atoms with Crippen molar-refractivity contribution in [2.75, 3.05) is 6.61 Å². The normalized spacial score (nSPS) is 14.8. The van der Waals surface area contributed by atoms with Gasteiger partial charge in [-0.1, -0.05) is 33.1 Å². The van der Waals surface area contributed by atoms with E-state index in [0.29, 0.717) is 18.1 Å². The van der Waals surface area contributed by atoms with E-state index in [1.54, 1.807) is 24.3 Å². The topological polar surface area (TPSA) is 79.5 Å². The highest BCUT2D eigenvalue weighted by atomic mass is 16.5. The number of ether oxygens (including phenoxy) is 1. The summed E-state index contributed by atoms with van der Waals surface area (Å²) >= 11 is 0. The standard InChI is InChI=1S/C19H29N3O3/c1-14(2)12-13-25-17-10-8-15(9-11-17)18(23)21-22-19(24)20-16-6-4-3-5-7-16/h8-11,14,16H,3-7,12-13H2,1-2H3,(H,21,23)(H2,20,22,24). The fourth-order valence-corrected chi connectivity index (χ4v) is 2.77. The Morgan fingerprint density at radius 1 is 1.08 bits per heavy atom. The minimum absolute atomic E-state index is 0.202. The molecule has 3 amide bonds. The molecule has 1 fully saturated rings. The van der Waals surface area contributed by atoms with Gasteiger partial charge in [0, 0.05) is 11.6 Å². The summed E-state index contributed by atoms with van der Waals surface area (Å²) in [5.41, 5.74) is 5.30. The maximum absolute atomic E-state index is 12.1. The Morgan fingerprint density at radius 2 is 1.76 bits per heavy atom. The van der Waals surface area contributed by atoms with Gasteiger partial charge in [0.05, 0.1) is 6.61 Å². The van der Waals surface area contributed by atoms with E-state index in [2.05, 4.69) is 30.0 Å². The number of hydrogen-bond acceptors (Lipinski definition) is 3. The molecule has 6 nitrogen and oxygen atoms in total. The van der Waals surface area contributed by atoms with E-state index in [9.17, 15) is 9.59 Å². The molecule has 0 atom stereocenters. The maximum Gasteiger partial charge on any atom is 0.333 e. The van der Waals surface area contributed by atoms with Crippen LogP contribution in [0.5, 0.6) is 5.75 Å². The monoisotopic (exact) mass is 347 g/mol. The number of benzene rings is 1. The van der Waals surface area contributed by atoms with Gasteiger partial charge in [0.15, 0.2) is 0 Å². The number of hydrogen-bond donors (Lipinski definition) is 3. The first kappa shape index (κ1) is 19.1. The van der Waals surface area contributed by atoms with Crippen molar-refractivity contribution in [1.29, 1.82) is 0 Å². The summed E-state index contributed by atoms with van der Waals surface area (Å²) in [5, 5.41) is 2.88. The van der Waals surface area contributed by atoms with Crippen LogP contribution >= 0.6 is 0 Å². The summed E-state index contributed by atoms with van der Waals surface area (Å²) in [7, 11) is 0. The van der Waals surface area contributed by atoms with Crippen molar-refractivity contribution >= 4 is 11.9 Å². The van der Waals surface area contributed by atoms with Crippen LogP contribution in [-0.2, 0) is 0 Å². The zero-order valence-electron chi connectivity index (χ0n) is 15.1. The second-order valence-corrected chi connectivity index (χ2v) is 6.94. The van der Waals surface area contributed by atoms with Crippen LogP contribution in [0.2, 0.25) is 0 Å². The van der Waals surface area contributed by atoms with Crippen molar-refractivity contribution < 1.29 is 14.3 Å². The first-order valence-electron chi connectivity index (χ1n) is 9.14. The summed E-state index contributed by atoms with van der Waals surface area (Å²) < 4.78 is 5.62. The number of hydrazine groups is 1. The van der Waals surface area contributed by atoms with Crippen LogP contribution in [0.25, 0.3) is 0 Å². The van der Waals surface area contributed by atoms with Gasteiger partial charge in [-0.3, -0.25) is 10.2 Å². The number of rotatable bonds is 6. The average molecular weight is 347 g/mol. The zero-order chi connectivity index (χ0) is 18.1. The molecule has 0 radical (unpaired) electrons. The van der Waals surface area contributed by atoms with Crippen LogP contribution in [-0.4, -0.2) is 24.6 Å². The van der Waals surface area contributed by atoms with E-state index in [1.165, 1.54) is 6.42 Å².